The Kier molecular flexibility index (Phi) is 5.23. The zero-order valence-corrected chi connectivity index (χ0v) is 20.9. The van der Waals surface area contributed by atoms with Gasteiger partial charge in [0.2, 0.25) is 17.7 Å². The summed E-state index contributed by atoms with van der Waals surface area (Å²) in [5.41, 5.74) is 2.18. The van der Waals surface area contributed by atoms with Gasteiger partial charge in [0.25, 0.3) is 0 Å². The molecular formula is C27H24BrClN2O3. The standard InChI is InChI=1S/C27H24BrClN2O3/c1-13-20(10-9-19(28)24(13)29)30-25(32)21(11-14-5-3-2-4-6-14)31-26(33)22-15-7-8-16(18-12-17(15)18)23(22)27(31)34/h2-10,15-18,21-23H,11-12H2,1H3,(H,30,32)/t15-,16-,17-,18-,21+,22+,23+/m1/s1. The molecule has 7 rings (SSSR count). The first-order chi connectivity index (χ1) is 16.4. The summed E-state index contributed by atoms with van der Waals surface area (Å²) < 4.78 is 0.737. The van der Waals surface area contributed by atoms with Crippen LogP contribution >= 0.6 is 27.5 Å². The fourth-order valence-electron chi connectivity index (χ4n) is 6.43. The van der Waals surface area contributed by atoms with Crippen molar-refractivity contribution in [3.8, 4) is 0 Å². The number of amides is 3. The van der Waals surface area contributed by atoms with Gasteiger partial charge in [0.1, 0.15) is 6.04 Å². The van der Waals surface area contributed by atoms with E-state index >= 15 is 0 Å². The lowest BCUT2D eigenvalue weighted by Crippen LogP contribution is -2.49. The average Bonchev–Trinajstić information content (AvgIpc) is 3.62. The number of halogens is 2. The minimum absolute atomic E-state index is 0.120. The number of carbonyl (C=O) groups excluding carboxylic acids is 3. The maximum atomic E-state index is 13.7. The molecule has 2 saturated carbocycles. The molecule has 174 valence electrons. The molecule has 34 heavy (non-hydrogen) atoms. The monoisotopic (exact) mass is 538 g/mol. The van der Waals surface area contributed by atoms with Crippen LogP contribution in [0.15, 0.2) is 59.1 Å². The first kappa shape index (κ1) is 22.1. The third kappa shape index (κ3) is 3.29. The van der Waals surface area contributed by atoms with Crippen molar-refractivity contribution in [2.45, 2.75) is 25.8 Å². The number of anilines is 1. The van der Waals surface area contributed by atoms with Gasteiger partial charge in [0, 0.05) is 16.6 Å². The molecule has 1 heterocycles. The van der Waals surface area contributed by atoms with Crippen LogP contribution in [0.4, 0.5) is 5.69 Å². The molecule has 3 fully saturated rings. The topological polar surface area (TPSA) is 66.5 Å². The van der Waals surface area contributed by atoms with E-state index in [2.05, 4.69) is 33.4 Å². The van der Waals surface area contributed by atoms with Gasteiger partial charge >= 0.3 is 0 Å². The van der Waals surface area contributed by atoms with Gasteiger partial charge in [-0.25, -0.2) is 0 Å². The van der Waals surface area contributed by atoms with Crippen LogP contribution in [-0.2, 0) is 20.8 Å². The summed E-state index contributed by atoms with van der Waals surface area (Å²) in [6.45, 7) is 1.82. The molecule has 1 N–H and O–H groups in total. The van der Waals surface area contributed by atoms with E-state index in [0.29, 0.717) is 22.5 Å². The van der Waals surface area contributed by atoms with Gasteiger partial charge < -0.3 is 5.32 Å². The normalized spacial score (nSPS) is 31.3. The van der Waals surface area contributed by atoms with Gasteiger partial charge in [0.05, 0.1) is 16.9 Å². The molecule has 7 atom stereocenters. The second-order valence-corrected chi connectivity index (χ2v) is 11.2. The number of nitrogens with zero attached hydrogens (tertiary/aromatic N) is 1. The quantitative estimate of drug-likeness (QED) is 0.429. The lowest BCUT2D eigenvalue weighted by molar-refractivity contribution is -0.146. The smallest absolute Gasteiger partial charge is 0.248 e. The largest absolute Gasteiger partial charge is 0.324 e. The Morgan fingerprint density at radius 1 is 1.06 bits per heavy atom. The van der Waals surface area contributed by atoms with Gasteiger partial charge in [0.15, 0.2) is 0 Å². The molecule has 2 aromatic rings. The van der Waals surface area contributed by atoms with E-state index in [1.165, 1.54) is 4.90 Å². The fourth-order valence-corrected chi connectivity index (χ4v) is 7.02. The predicted molar refractivity (Wildman–Crippen MR) is 133 cm³/mol. The first-order valence-electron chi connectivity index (χ1n) is 11.7. The van der Waals surface area contributed by atoms with Gasteiger partial charge in [-0.05, 0) is 76.2 Å². The first-order valence-corrected chi connectivity index (χ1v) is 12.9. The minimum Gasteiger partial charge on any atom is -0.324 e. The second kappa shape index (κ2) is 8.06. The van der Waals surface area contributed by atoms with Gasteiger partial charge in [-0.3, -0.25) is 19.3 Å². The highest BCUT2D eigenvalue weighted by atomic mass is 79.9. The summed E-state index contributed by atoms with van der Waals surface area (Å²) in [7, 11) is 0. The molecule has 0 unspecified atom stereocenters. The summed E-state index contributed by atoms with van der Waals surface area (Å²) in [5, 5.41) is 3.46. The lowest BCUT2D eigenvalue weighted by atomic mass is 9.63. The fraction of sp³-hybridized carbons (Fsp3) is 0.370. The molecule has 2 aromatic carbocycles. The number of imide groups is 1. The molecular weight excluding hydrogens is 516 g/mol. The Balaban J connectivity index is 1.34. The zero-order valence-electron chi connectivity index (χ0n) is 18.6. The number of allylic oxidation sites excluding steroid dienone is 2. The second-order valence-electron chi connectivity index (χ2n) is 9.93. The van der Waals surface area contributed by atoms with Gasteiger partial charge in [-0.2, -0.15) is 0 Å². The number of benzene rings is 2. The summed E-state index contributed by atoms with van der Waals surface area (Å²) in [6.07, 6.45) is 5.66. The van der Waals surface area contributed by atoms with Crippen LogP contribution in [0, 0.1) is 42.4 Å². The molecule has 4 aliphatic carbocycles. The van der Waals surface area contributed by atoms with Crippen LogP contribution in [0.1, 0.15) is 17.5 Å². The van der Waals surface area contributed by atoms with Crippen LogP contribution in [0.25, 0.3) is 0 Å². The number of carbonyl (C=O) groups is 3. The van der Waals surface area contributed by atoms with Crippen LogP contribution < -0.4 is 5.32 Å². The molecule has 7 heteroatoms. The number of rotatable bonds is 5. The lowest BCUT2D eigenvalue weighted by Gasteiger charge is -2.37. The highest BCUT2D eigenvalue weighted by molar-refractivity contribution is 9.10. The Morgan fingerprint density at radius 2 is 1.68 bits per heavy atom. The Bertz CT molecular complexity index is 1210. The number of nitrogens with one attached hydrogen (secondary N) is 1. The maximum Gasteiger partial charge on any atom is 0.248 e. The SMILES string of the molecule is Cc1c(NC(=O)[C@H](Cc2ccccc2)N2C(=O)[C@H]3[C@@H]4C=C[C@H]([C@H]5C[C@H]45)[C@@H]3C2=O)ccc(Br)c1Cl. The molecule has 3 amide bonds. The maximum absolute atomic E-state index is 13.7. The van der Waals surface area contributed by atoms with Crippen LogP contribution in [-0.4, -0.2) is 28.7 Å². The van der Waals surface area contributed by atoms with Crippen molar-refractivity contribution in [2.75, 3.05) is 5.32 Å². The van der Waals surface area contributed by atoms with Gasteiger partial charge in [-0.1, -0.05) is 54.1 Å². The Morgan fingerprint density at radius 3 is 2.29 bits per heavy atom. The van der Waals surface area contributed by atoms with E-state index in [1.54, 1.807) is 12.1 Å². The van der Waals surface area contributed by atoms with Crippen LogP contribution in [0.3, 0.4) is 0 Å². The third-order valence-electron chi connectivity index (χ3n) is 8.18. The van der Waals surface area contributed by atoms with Crippen molar-refractivity contribution in [2.24, 2.45) is 35.5 Å². The van der Waals surface area contributed by atoms with Crippen molar-refractivity contribution in [3.05, 3.63) is 75.2 Å². The minimum atomic E-state index is -0.925. The number of hydrogen-bond acceptors (Lipinski definition) is 3. The molecule has 5 nitrogen and oxygen atoms in total. The third-order valence-corrected chi connectivity index (χ3v) is 9.56. The van der Waals surface area contributed by atoms with E-state index in [1.807, 2.05) is 37.3 Å². The highest BCUT2D eigenvalue weighted by Gasteiger charge is 2.67. The average molecular weight is 540 g/mol. The van der Waals surface area contributed by atoms with Crippen LogP contribution in [0.5, 0.6) is 0 Å². The summed E-state index contributed by atoms with van der Waals surface area (Å²) in [5.74, 6) is -0.158. The summed E-state index contributed by atoms with van der Waals surface area (Å²) >= 11 is 9.77. The van der Waals surface area contributed by atoms with Crippen LogP contribution in [0.2, 0.25) is 5.02 Å². The molecule has 1 saturated heterocycles. The van der Waals surface area contributed by atoms with Crippen molar-refractivity contribution >= 4 is 50.9 Å². The molecule has 5 aliphatic rings. The van der Waals surface area contributed by atoms with E-state index in [-0.39, 0.29) is 47.8 Å². The Hall–Kier alpha value is -2.44. The van der Waals surface area contributed by atoms with Crippen molar-refractivity contribution in [1.82, 2.24) is 4.90 Å². The molecule has 2 bridgehead atoms. The number of likely N-dealkylation sites (tertiary alicyclic amines) is 1. The van der Waals surface area contributed by atoms with Gasteiger partial charge in [-0.15, -0.1) is 0 Å². The number of hydrogen-bond donors (Lipinski definition) is 1. The Labute approximate surface area is 211 Å². The molecule has 0 radical (unpaired) electrons. The van der Waals surface area contributed by atoms with E-state index in [4.69, 9.17) is 11.6 Å². The van der Waals surface area contributed by atoms with E-state index in [9.17, 15) is 14.4 Å². The zero-order chi connectivity index (χ0) is 23.7. The van der Waals surface area contributed by atoms with E-state index < -0.39 is 6.04 Å². The van der Waals surface area contributed by atoms with Crippen molar-refractivity contribution < 1.29 is 14.4 Å². The predicted octanol–water partition coefficient (Wildman–Crippen LogP) is 5.01. The highest BCUT2D eigenvalue weighted by Crippen LogP contribution is 2.65. The van der Waals surface area contributed by atoms with E-state index in [0.717, 1.165) is 22.0 Å². The van der Waals surface area contributed by atoms with Crippen molar-refractivity contribution in [3.63, 3.8) is 0 Å². The molecule has 0 spiro atoms. The molecule has 0 aromatic heterocycles. The summed E-state index contributed by atoms with van der Waals surface area (Å²) in [6, 6.07) is 12.2. The summed E-state index contributed by atoms with van der Waals surface area (Å²) in [4.78, 5) is 42.4. The van der Waals surface area contributed by atoms with Crippen molar-refractivity contribution in [1.29, 1.82) is 0 Å². The molecule has 1 aliphatic heterocycles.